The molecule has 0 saturated carbocycles. The van der Waals surface area contributed by atoms with Crippen LogP contribution in [-0.4, -0.2) is 18.0 Å². The van der Waals surface area contributed by atoms with Gasteiger partial charge in [-0.15, -0.1) is 0 Å². The highest BCUT2D eigenvalue weighted by Crippen LogP contribution is 2.18. The molecule has 1 aromatic rings. The standard InChI is InChI=1S/C10H13N3O2/c1-15-10-8(11)5-7(6-13-10)3-2-4-9(12)14/h2-3,5-6H,4,11H2,1H3,(H2,12,14). The van der Waals surface area contributed by atoms with Gasteiger partial charge in [-0.25, -0.2) is 4.98 Å². The Morgan fingerprint density at radius 1 is 1.67 bits per heavy atom. The van der Waals surface area contributed by atoms with Crippen LogP contribution in [0.2, 0.25) is 0 Å². The van der Waals surface area contributed by atoms with Crippen molar-refractivity contribution < 1.29 is 9.53 Å². The average Bonchev–Trinajstić information content (AvgIpc) is 2.17. The lowest BCUT2D eigenvalue weighted by Crippen LogP contribution is -2.07. The summed E-state index contributed by atoms with van der Waals surface area (Å²) >= 11 is 0. The Hall–Kier alpha value is -2.04. The molecule has 0 unspecified atom stereocenters. The fraction of sp³-hybridized carbons (Fsp3) is 0.200. The number of anilines is 1. The van der Waals surface area contributed by atoms with Gasteiger partial charge in [-0.2, -0.15) is 0 Å². The molecule has 1 heterocycles. The molecule has 0 bridgehead atoms. The highest BCUT2D eigenvalue weighted by molar-refractivity contribution is 5.76. The molecule has 1 amide bonds. The lowest BCUT2D eigenvalue weighted by Gasteiger charge is -2.02. The predicted octanol–water partition coefficient (Wildman–Crippen LogP) is 0.561. The number of carbonyl (C=O) groups excluding carboxylic acids is 1. The average molecular weight is 207 g/mol. The number of rotatable bonds is 4. The number of nitrogens with two attached hydrogens (primary N) is 2. The van der Waals surface area contributed by atoms with Crippen LogP contribution in [0.5, 0.6) is 5.88 Å². The minimum Gasteiger partial charge on any atom is -0.480 e. The van der Waals surface area contributed by atoms with Crippen LogP contribution in [0.3, 0.4) is 0 Å². The number of hydrogen-bond donors (Lipinski definition) is 2. The van der Waals surface area contributed by atoms with Crippen molar-refractivity contribution in [2.45, 2.75) is 6.42 Å². The first-order valence-corrected chi connectivity index (χ1v) is 4.38. The summed E-state index contributed by atoms with van der Waals surface area (Å²) in [6.45, 7) is 0. The van der Waals surface area contributed by atoms with E-state index in [4.69, 9.17) is 16.2 Å². The fourth-order valence-electron chi connectivity index (χ4n) is 1.06. The molecule has 0 atom stereocenters. The third-order valence-corrected chi connectivity index (χ3v) is 1.72. The molecule has 0 aliphatic rings. The smallest absolute Gasteiger partial charge is 0.236 e. The van der Waals surface area contributed by atoms with Crippen LogP contribution >= 0.6 is 0 Å². The number of ether oxygens (including phenoxy) is 1. The van der Waals surface area contributed by atoms with E-state index in [1.54, 1.807) is 24.4 Å². The van der Waals surface area contributed by atoms with Crippen LogP contribution in [-0.2, 0) is 4.79 Å². The SMILES string of the molecule is COc1ncc(C=CCC(N)=O)cc1N. The van der Waals surface area contributed by atoms with Crippen molar-refractivity contribution in [3.8, 4) is 5.88 Å². The Balaban J connectivity index is 2.75. The van der Waals surface area contributed by atoms with E-state index >= 15 is 0 Å². The number of nitrogen functional groups attached to an aromatic ring is 1. The molecule has 0 saturated heterocycles. The van der Waals surface area contributed by atoms with Crippen molar-refractivity contribution >= 4 is 17.7 Å². The molecular weight excluding hydrogens is 194 g/mol. The van der Waals surface area contributed by atoms with E-state index in [0.717, 1.165) is 5.56 Å². The predicted molar refractivity (Wildman–Crippen MR) is 58.0 cm³/mol. The van der Waals surface area contributed by atoms with E-state index in [1.807, 2.05) is 0 Å². The highest BCUT2D eigenvalue weighted by Gasteiger charge is 1.99. The molecule has 5 nitrogen and oxygen atoms in total. The van der Waals surface area contributed by atoms with Gasteiger partial charge in [0.2, 0.25) is 11.8 Å². The number of carbonyl (C=O) groups is 1. The Bertz CT molecular complexity index is 388. The molecule has 0 aromatic carbocycles. The topological polar surface area (TPSA) is 91.2 Å². The summed E-state index contributed by atoms with van der Waals surface area (Å²) in [5.74, 6) is 0.0164. The van der Waals surface area contributed by atoms with Crippen LogP contribution in [0.25, 0.3) is 6.08 Å². The number of amides is 1. The molecule has 0 fully saturated rings. The van der Waals surface area contributed by atoms with Gasteiger partial charge in [-0.1, -0.05) is 12.2 Å². The number of nitrogens with zero attached hydrogens (tertiary/aromatic N) is 1. The number of primary amides is 1. The third kappa shape index (κ3) is 3.30. The van der Waals surface area contributed by atoms with E-state index in [0.29, 0.717) is 11.6 Å². The number of hydrogen-bond acceptors (Lipinski definition) is 4. The van der Waals surface area contributed by atoms with Gasteiger partial charge in [0.25, 0.3) is 0 Å². The molecule has 0 spiro atoms. The van der Waals surface area contributed by atoms with Crippen molar-refractivity contribution in [1.82, 2.24) is 4.98 Å². The molecule has 80 valence electrons. The summed E-state index contributed by atoms with van der Waals surface area (Å²) in [4.78, 5) is 14.4. The van der Waals surface area contributed by atoms with Gasteiger partial charge in [0.1, 0.15) is 0 Å². The molecule has 15 heavy (non-hydrogen) atoms. The Kier molecular flexibility index (Phi) is 3.68. The second kappa shape index (κ2) is 4.99. The molecule has 4 N–H and O–H groups in total. The van der Waals surface area contributed by atoms with E-state index in [2.05, 4.69) is 4.98 Å². The molecule has 0 aliphatic heterocycles. The van der Waals surface area contributed by atoms with E-state index in [9.17, 15) is 4.79 Å². The normalized spacial score (nSPS) is 10.5. The minimum absolute atomic E-state index is 0.200. The monoisotopic (exact) mass is 207 g/mol. The molecule has 1 rings (SSSR count). The molecule has 0 radical (unpaired) electrons. The zero-order valence-corrected chi connectivity index (χ0v) is 8.43. The van der Waals surface area contributed by atoms with Crippen LogP contribution in [0.4, 0.5) is 5.69 Å². The summed E-state index contributed by atoms with van der Waals surface area (Å²) in [7, 11) is 1.50. The van der Waals surface area contributed by atoms with E-state index < -0.39 is 0 Å². The lowest BCUT2D eigenvalue weighted by atomic mass is 10.2. The maximum Gasteiger partial charge on any atom is 0.236 e. The third-order valence-electron chi connectivity index (χ3n) is 1.72. The Morgan fingerprint density at radius 3 is 2.93 bits per heavy atom. The maximum absolute atomic E-state index is 10.5. The van der Waals surface area contributed by atoms with Crippen molar-refractivity contribution in [3.05, 3.63) is 23.9 Å². The van der Waals surface area contributed by atoms with E-state index in [-0.39, 0.29) is 12.3 Å². The van der Waals surface area contributed by atoms with Gasteiger partial charge < -0.3 is 16.2 Å². The van der Waals surface area contributed by atoms with Crippen molar-refractivity contribution in [2.24, 2.45) is 5.73 Å². The Morgan fingerprint density at radius 2 is 2.40 bits per heavy atom. The highest BCUT2D eigenvalue weighted by atomic mass is 16.5. The van der Waals surface area contributed by atoms with E-state index in [1.165, 1.54) is 7.11 Å². The lowest BCUT2D eigenvalue weighted by molar-refractivity contribution is -0.117. The van der Waals surface area contributed by atoms with Crippen LogP contribution in [0.1, 0.15) is 12.0 Å². The zero-order chi connectivity index (χ0) is 11.3. The van der Waals surface area contributed by atoms with Crippen LogP contribution in [0.15, 0.2) is 18.3 Å². The summed E-state index contributed by atoms with van der Waals surface area (Å²) in [5, 5.41) is 0. The quantitative estimate of drug-likeness (QED) is 0.754. The molecule has 0 aliphatic carbocycles. The maximum atomic E-state index is 10.5. The second-order valence-corrected chi connectivity index (χ2v) is 2.94. The first kappa shape index (κ1) is 11.0. The minimum atomic E-state index is -0.374. The summed E-state index contributed by atoms with van der Waals surface area (Å²) < 4.78 is 4.91. The van der Waals surface area contributed by atoms with Gasteiger partial charge in [0.15, 0.2) is 0 Å². The van der Waals surface area contributed by atoms with Crippen LogP contribution in [0, 0.1) is 0 Å². The second-order valence-electron chi connectivity index (χ2n) is 2.94. The molecule has 5 heteroatoms. The number of pyridine rings is 1. The summed E-state index contributed by atoms with van der Waals surface area (Å²) in [6, 6.07) is 1.71. The zero-order valence-electron chi connectivity index (χ0n) is 8.43. The Labute approximate surface area is 87.7 Å². The van der Waals surface area contributed by atoms with Gasteiger partial charge in [0, 0.05) is 12.6 Å². The van der Waals surface area contributed by atoms with Gasteiger partial charge >= 0.3 is 0 Å². The van der Waals surface area contributed by atoms with Crippen molar-refractivity contribution in [1.29, 1.82) is 0 Å². The van der Waals surface area contributed by atoms with Crippen molar-refractivity contribution in [2.75, 3.05) is 12.8 Å². The number of methoxy groups -OCH3 is 1. The first-order valence-electron chi connectivity index (χ1n) is 4.38. The largest absolute Gasteiger partial charge is 0.480 e. The summed E-state index contributed by atoms with van der Waals surface area (Å²) in [6.07, 6.45) is 5.19. The summed E-state index contributed by atoms with van der Waals surface area (Å²) in [5.41, 5.74) is 11.9. The molecular formula is C10H13N3O2. The first-order chi connectivity index (χ1) is 7.13. The molecule has 1 aromatic heterocycles. The van der Waals surface area contributed by atoms with Gasteiger partial charge in [-0.05, 0) is 11.6 Å². The van der Waals surface area contributed by atoms with Crippen molar-refractivity contribution in [3.63, 3.8) is 0 Å². The van der Waals surface area contributed by atoms with Crippen LogP contribution < -0.4 is 16.2 Å². The fourth-order valence-corrected chi connectivity index (χ4v) is 1.06. The van der Waals surface area contributed by atoms with Gasteiger partial charge in [0.05, 0.1) is 12.8 Å². The van der Waals surface area contributed by atoms with Gasteiger partial charge in [-0.3, -0.25) is 4.79 Å². The number of aromatic nitrogens is 1.